The van der Waals surface area contributed by atoms with Gasteiger partial charge in [-0.25, -0.2) is 4.79 Å². The van der Waals surface area contributed by atoms with Crippen LogP contribution in [-0.2, 0) is 4.84 Å². The van der Waals surface area contributed by atoms with Crippen LogP contribution in [0.5, 0.6) is 0 Å². The fraction of sp³-hybridized carbons (Fsp3) is 0.533. The maximum atomic E-state index is 11.3. The Morgan fingerprint density at radius 1 is 1.55 bits per heavy atom. The van der Waals surface area contributed by atoms with Crippen molar-refractivity contribution in [3.63, 3.8) is 0 Å². The summed E-state index contributed by atoms with van der Waals surface area (Å²) in [5.74, 6) is 0.578. The predicted octanol–water partition coefficient (Wildman–Crippen LogP) is 3.63. The van der Waals surface area contributed by atoms with Crippen LogP contribution in [0, 0.1) is 5.92 Å². The first-order valence-corrected chi connectivity index (χ1v) is 7.55. The number of hydrogen-bond acceptors (Lipinski definition) is 5. The normalized spacial score (nSPS) is 24.4. The summed E-state index contributed by atoms with van der Waals surface area (Å²) in [6.07, 6.45) is 4.76. The lowest BCUT2D eigenvalue weighted by Gasteiger charge is -2.37. The molecule has 3 atom stereocenters. The zero-order chi connectivity index (χ0) is 16.1. The first-order valence-electron chi connectivity index (χ1n) is 7.14. The Hall–Kier alpha value is -1.82. The Labute approximate surface area is 134 Å². The molecule has 0 bridgehead atoms. The van der Waals surface area contributed by atoms with Crippen LogP contribution in [0.2, 0.25) is 0 Å². The van der Waals surface area contributed by atoms with Gasteiger partial charge in [0.1, 0.15) is 0 Å². The summed E-state index contributed by atoms with van der Waals surface area (Å²) in [5.41, 5.74) is 1.74. The molecule has 3 unspecified atom stereocenters. The van der Waals surface area contributed by atoms with Gasteiger partial charge in [-0.2, -0.15) is 10.1 Å². The number of carbonyl (C=O) groups is 1. The number of isothiocyanates is 1. The zero-order valence-electron chi connectivity index (χ0n) is 12.6. The lowest BCUT2D eigenvalue weighted by atomic mass is 9.76. The molecular formula is C15H19N3O3S. The predicted molar refractivity (Wildman–Crippen MR) is 85.3 cm³/mol. The van der Waals surface area contributed by atoms with E-state index in [0.29, 0.717) is 18.0 Å². The van der Waals surface area contributed by atoms with Gasteiger partial charge in [0.25, 0.3) is 0 Å². The largest absolute Gasteiger partial charge is 0.463 e. The Kier molecular flexibility index (Phi) is 5.60. The van der Waals surface area contributed by atoms with Crippen molar-refractivity contribution < 1.29 is 14.7 Å². The van der Waals surface area contributed by atoms with Gasteiger partial charge in [-0.3, -0.25) is 9.82 Å². The molecule has 22 heavy (non-hydrogen) atoms. The maximum absolute atomic E-state index is 11.3. The van der Waals surface area contributed by atoms with Gasteiger partial charge in [-0.05, 0) is 54.9 Å². The molecule has 0 aromatic carbocycles. The van der Waals surface area contributed by atoms with Gasteiger partial charge in [0, 0.05) is 6.20 Å². The second kappa shape index (κ2) is 7.45. The van der Waals surface area contributed by atoms with Crippen molar-refractivity contribution in [1.82, 2.24) is 10.0 Å². The van der Waals surface area contributed by atoms with Crippen molar-refractivity contribution in [3.05, 3.63) is 24.0 Å². The average molecular weight is 321 g/mol. The highest BCUT2D eigenvalue weighted by Gasteiger charge is 2.34. The minimum absolute atomic E-state index is 0.172. The van der Waals surface area contributed by atoms with Crippen molar-refractivity contribution in [2.45, 2.75) is 38.1 Å². The fourth-order valence-corrected chi connectivity index (χ4v) is 3.38. The topological polar surface area (TPSA) is 75.0 Å². The molecular weight excluding hydrogens is 302 g/mol. The summed E-state index contributed by atoms with van der Waals surface area (Å²) in [6.45, 7) is 2.12. The molecule has 1 aliphatic rings. The molecule has 0 radical (unpaired) electrons. The van der Waals surface area contributed by atoms with E-state index in [0.717, 1.165) is 23.5 Å². The van der Waals surface area contributed by atoms with Gasteiger partial charge in [0.05, 0.1) is 30.2 Å². The third-order valence-electron chi connectivity index (χ3n) is 4.07. The molecule has 0 aliphatic heterocycles. The number of carboxylic acid groups (broad SMARTS) is 1. The third-order valence-corrected chi connectivity index (χ3v) is 4.16. The molecule has 6 nitrogen and oxygen atoms in total. The van der Waals surface area contributed by atoms with E-state index in [4.69, 9.17) is 4.84 Å². The number of hydroxylamine groups is 2. The number of aliphatic imine (C=N–C) groups is 1. The number of nitrogens with zero attached hydrogens (tertiary/aromatic N) is 3. The van der Waals surface area contributed by atoms with Gasteiger partial charge >= 0.3 is 6.09 Å². The highest BCUT2D eigenvalue weighted by atomic mass is 32.1. The molecule has 7 heteroatoms. The van der Waals surface area contributed by atoms with Crippen molar-refractivity contribution in [2.75, 3.05) is 7.11 Å². The zero-order valence-corrected chi connectivity index (χ0v) is 13.4. The first kappa shape index (κ1) is 16.5. The van der Waals surface area contributed by atoms with Gasteiger partial charge in [0.15, 0.2) is 0 Å². The second-order valence-corrected chi connectivity index (χ2v) is 5.77. The second-order valence-electron chi connectivity index (χ2n) is 5.59. The van der Waals surface area contributed by atoms with E-state index < -0.39 is 6.09 Å². The SMILES string of the molecule is CON(C(=O)O)C1CC(C)CC(c2ccncc2N=C=S)C1. The van der Waals surface area contributed by atoms with E-state index in [1.807, 2.05) is 6.07 Å². The molecule has 1 N–H and O–H groups in total. The minimum Gasteiger partial charge on any atom is -0.463 e. The summed E-state index contributed by atoms with van der Waals surface area (Å²) in [7, 11) is 1.39. The lowest BCUT2D eigenvalue weighted by Crippen LogP contribution is -2.42. The monoisotopic (exact) mass is 321 g/mol. The number of aromatic nitrogens is 1. The lowest BCUT2D eigenvalue weighted by molar-refractivity contribution is -0.142. The average Bonchev–Trinajstić information content (AvgIpc) is 2.48. The van der Waals surface area contributed by atoms with Gasteiger partial charge in [-0.15, -0.1) is 0 Å². The Bertz CT molecular complexity index is 589. The van der Waals surface area contributed by atoms with Crippen LogP contribution in [0.3, 0.4) is 0 Å². The molecule has 2 rings (SSSR count). The number of pyridine rings is 1. The standard InChI is InChI=1S/C15H19N3O3S/c1-10-5-11(7-12(6-10)18(21-2)15(19)20)13-3-4-16-8-14(13)17-9-22/h3-4,8,10-12H,5-7H2,1-2H3,(H,19,20). The van der Waals surface area contributed by atoms with Crippen molar-refractivity contribution in [3.8, 4) is 0 Å². The van der Waals surface area contributed by atoms with E-state index in [-0.39, 0.29) is 12.0 Å². The van der Waals surface area contributed by atoms with Gasteiger partial charge in [-0.1, -0.05) is 6.92 Å². The Morgan fingerprint density at radius 3 is 2.95 bits per heavy atom. The highest BCUT2D eigenvalue weighted by Crippen LogP contribution is 2.41. The van der Waals surface area contributed by atoms with Gasteiger partial charge < -0.3 is 5.11 Å². The summed E-state index contributed by atoms with van der Waals surface area (Å²) in [6, 6.07) is 1.75. The first-order chi connectivity index (χ1) is 10.6. The molecule has 0 saturated heterocycles. The van der Waals surface area contributed by atoms with Crippen LogP contribution in [0.4, 0.5) is 10.5 Å². The highest BCUT2D eigenvalue weighted by molar-refractivity contribution is 7.78. The maximum Gasteiger partial charge on any atom is 0.431 e. The van der Waals surface area contributed by atoms with Crippen LogP contribution in [0.25, 0.3) is 0 Å². The van der Waals surface area contributed by atoms with E-state index in [1.54, 1.807) is 12.4 Å². The van der Waals surface area contributed by atoms with Crippen LogP contribution in [0.1, 0.15) is 37.7 Å². The Morgan fingerprint density at radius 2 is 2.32 bits per heavy atom. The Balaban J connectivity index is 2.28. The summed E-state index contributed by atoms with van der Waals surface area (Å²) in [5, 5.41) is 12.7. The number of amides is 1. The van der Waals surface area contributed by atoms with Crippen LogP contribution in [-0.4, -0.2) is 39.6 Å². The molecule has 1 aliphatic carbocycles. The number of rotatable bonds is 4. The van der Waals surface area contributed by atoms with Crippen LogP contribution < -0.4 is 0 Å². The van der Waals surface area contributed by atoms with Crippen molar-refractivity contribution >= 4 is 29.2 Å². The van der Waals surface area contributed by atoms with Crippen molar-refractivity contribution in [1.29, 1.82) is 0 Å². The third kappa shape index (κ3) is 3.68. The summed E-state index contributed by atoms with van der Waals surface area (Å²) < 4.78 is 0. The van der Waals surface area contributed by atoms with E-state index in [9.17, 15) is 9.90 Å². The quantitative estimate of drug-likeness (QED) is 0.521. The smallest absolute Gasteiger partial charge is 0.431 e. The molecule has 1 heterocycles. The number of thiocarbonyl (C=S) groups is 1. The summed E-state index contributed by atoms with van der Waals surface area (Å²) >= 11 is 4.69. The molecule has 0 spiro atoms. The molecule has 118 valence electrons. The fourth-order valence-electron chi connectivity index (χ4n) is 3.28. The summed E-state index contributed by atoms with van der Waals surface area (Å²) in [4.78, 5) is 24.5. The minimum atomic E-state index is -1.06. The van der Waals surface area contributed by atoms with Crippen LogP contribution in [0.15, 0.2) is 23.5 Å². The molecule has 1 fully saturated rings. The molecule has 1 saturated carbocycles. The molecule has 1 amide bonds. The van der Waals surface area contributed by atoms with Crippen LogP contribution >= 0.6 is 12.2 Å². The molecule has 1 aromatic heterocycles. The van der Waals surface area contributed by atoms with Crippen molar-refractivity contribution in [2.24, 2.45) is 10.9 Å². The van der Waals surface area contributed by atoms with E-state index >= 15 is 0 Å². The van der Waals surface area contributed by atoms with E-state index in [2.05, 4.69) is 34.3 Å². The van der Waals surface area contributed by atoms with Gasteiger partial charge in [0.2, 0.25) is 0 Å². The molecule has 1 aromatic rings. The van der Waals surface area contributed by atoms with E-state index in [1.165, 1.54) is 7.11 Å². The number of hydrogen-bond donors (Lipinski definition) is 1.